The van der Waals surface area contributed by atoms with Gasteiger partial charge in [-0.25, -0.2) is 0 Å². The van der Waals surface area contributed by atoms with Crippen molar-refractivity contribution in [2.45, 2.75) is 38.1 Å². The highest BCUT2D eigenvalue weighted by Gasteiger charge is 2.53. The van der Waals surface area contributed by atoms with Crippen molar-refractivity contribution in [1.82, 2.24) is 4.90 Å². The molecule has 2 atom stereocenters. The summed E-state index contributed by atoms with van der Waals surface area (Å²) in [5.41, 5.74) is 2.92. The minimum Gasteiger partial charge on any atom is -0.465 e. The summed E-state index contributed by atoms with van der Waals surface area (Å²) in [5, 5.41) is 0. The van der Waals surface area contributed by atoms with Gasteiger partial charge in [0.15, 0.2) is 0 Å². The van der Waals surface area contributed by atoms with Crippen LogP contribution in [0.1, 0.15) is 49.5 Å². The molecule has 4 rings (SSSR count). The van der Waals surface area contributed by atoms with Crippen LogP contribution in [0.15, 0.2) is 22.3 Å². The van der Waals surface area contributed by atoms with Gasteiger partial charge in [0.25, 0.3) is 0 Å². The highest BCUT2D eigenvalue weighted by atomic mass is 16.3. The van der Waals surface area contributed by atoms with E-state index >= 15 is 0 Å². The first-order valence-corrected chi connectivity index (χ1v) is 6.76. The summed E-state index contributed by atoms with van der Waals surface area (Å²) < 4.78 is 5.58. The number of furan rings is 1. The zero-order valence-corrected chi connectivity index (χ0v) is 10.6. The SMILES string of the molecule is CN1C(=O)CC[C@]23CCCC2=Cc2occc2[C@H]13. The largest absolute Gasteiger partial charge is 0.465 e. The van der Waals surface area contributed by atoms with Crippen LogP contribution in [0.2, 0.25) is 0 Å². The number of hydrogen-bond acceptors (Lipinski definition) is 2. The summed E-state index contributed by atoms with van der Waals surface area (Å²) in [6.45, 7) is 0. The van der Waals surface area contributed by atoms with Crippen LogP contribution in [-0.2, 0) is 4.79 Å². The molecular weight excluding hydrogens is 226 g/mol. The lowest BCUT2D eigenvalue weighted by Crippen LogP contribution is -2.47. The van der Waals surface area contributed by atoms with E-state index < -0.39 is 0 Å². The molecule has 94 valence electrons. The van der Waals surface area contributed by atoms with Crippen LogP contribution in [0.5, 0.6) is 0 Å². The van der Waals surface area contributed by atoms with E-state index in [0.717, 1.165) is 12.2 Å². The van der Waals surface area contributed by atoms with Gasteiger partial charge in [0.05, 0.1) is 12.3 Å². The lowest BCUT2D eigenvalue weighted by Gasteiger charge is -2.49. The number of piperidine rings is 1. The van der Waals surface area contributed by atoms with E-state index in [1.807, 2.05) is 18.0 Å². The van der Waals surface area contributed by atoms with Crippen molar-refractivity contribution >= 4 is 12.0 Å². The normalized spacial score (nSPS) is 33.8. The summed E-state index contributed by atoms with van der Waals surface area (Å²) in [4.78, 5) is 14.0. The van der Waals surface area contributed by atoms with Crippen LogP contribution in [0.4, 0.5) is 0 Å². The van der Waals surface area contributed by atoms with Gasteiger partial charge in [0.2, 0.25) is 5.91 Å². The molecule has 3 heteroatoms. The van der Waals surface area contributed by atoms with E-state index in [1.54, 1.807) is 6.26 Å². The van der Waals surface area contributed by atoms with E-state index in [0.29, 0.717) is 6.42 Å². The second-order valence-electron chi connectivity index (χ2n) is 5.83. The predicted molar refractivity (Wildman–Crippen MR) is 67.7 cm³/mol. The third-order valence-electron chi connectivity index (χ3n) is 5.12. The first-order chi connectivity index (χ1) is 8.72. The van der Waals surface area contributed by atoms with Gasteiger partial charge in [0, 0.05) is 24.4 Å². The van der Waals surface area contributed by atoms with Gasteiger partial charge in [-0.1, -0.05) is 5.57 Å². The van der Waals surface area contributed by atoms with Crippen molar-refractivity contribution in [2.24, 2.45) is 5.41 Å². The Morgan fingerprint density at radius 3 is 3.17 bits per heavy atom. The number of hydrogen-bond donors (Lipinski definition) is 0. The molecule has 1 aliphatic heterocycles. The summed E-state index contributed by atoms with van der Waals surface area (Å²) >= 11 is 0. The Labute approximate surface area is 106 Å². The molecule has 2 fully saturated rings. The maximum Gasteiger partial charge on any atom is 0.222 e. The van der Waals surface area contributed by atoms with Crippen molar-refractivity contribution in [3.05, 3.63) is 29.2 Å². The Balaban J connectivity index is 1.95. The highest BCUT2D eigenvalue weighted by molar-refractivity contribution is 5.79. The molecule has 0 unspecified atom stereocenters. The van der Waals surface area contributed by atoms with Gasteiger partial charge >= 0.3 is 0 Å². The molecule has 2 aliphatic carbocycles. The standard InChI is InChI=1S/C15H17NO2/c1-16-13(17)4-7-15-6-2-3-10(15)9-12-11(14(15)16)5-8-18-12/h5,8-9,14H,2-4,6-7H2,1H3/t14-,15+/m0/s1. The number of carbonyl (C=O) groups excluding carboxylic acids is 1. The zero-order chi connectivity index (χ0) is 12.3. The molecule has 3 nitrogen and oxygen atoms in total. The molecule has 0 bridgehead atoms. The van der Waals surface area contributed by atoms with Crippen molar-refractivity contribution in [3.63, 3.8) is 0 Å². The third kappa shape index (κ3) is 1.08. The second-order valence-corrected chi connectivity index (χ2v) is 5.83. The summed E-state index contributed by atoms with van der Waals surface area (Å²) in [7, 11) is 1.95. The molecule has 1 spiro atoms. The average molecular weight is 243 g/mol. The smallest absolute Gasteiger partial charge is 0.222 e. The molecule has 3 aliphatic rings. The molecule has 1 saturated heterocycles. The van der Waals surface area contributed by atoms with Gasteiger partial charge in [-0.05, 0) is 37.8 Å². The maximum atomic E-state index is 12.0. The van der Waals surface area contributed by atoms with E-state index in [-0.39, 0.29) is 17.4 Å². The van der Waals surface area contributed by atoms with Crippen molar-refractivity contribution in [2.75, 3.05) is 7.05 Å². The van der Waals surface area contributed by atoms with Gasteiger partial charge in [-0.2, -0.15) is 0 Å². The van der Waals surface area contributed by atoms with Gasteiger partial charge in [-0.15, -0.1) is 0 Å². The van der Waals surface area contributed by atoms with Crippen molar-refractivity contribution in [3.8, 4) is 0 Å². The number of fused-ring (bicyclic) bond motifs is 2. The van der Waals surface area contributed by atoms with E-state index in [2.05, 4.69) is 6.08 Å². The molecule has 0 N–H and O–H groups in total. The molecule has 1 aromatic heterocycles. The van der Waals surface area contributed by atoms with E-state index in [1.165, 1.54) is 30.4 Å². The molecule has 18 heavy (non-hydrogen) atoms. The van der Waals surface area contributed by atoms with Crippen LogP contribution in [0, 0.1) is 5.41 Å². The topological polar surface area (TPSA) is 33.5 Å². The molecule has 1 aromatic rings. The number of likely N-dealkylation sites (tertiary alicyclic amines) is 1. The fraction of sp³-hybridized carbons (Fsp3) is 0.533. The Bertz CT molecular complexity index is 557. The number of rotatable bonds is 0. The van der Waals surface area contributed by atoms with Crippen LogP contribution < -0.4 is 0 Å². The van der Waals surface area contributed by atoms with Crippen molar-refractivity contribution < 1.29 is 9.21 Å². The second kappa shape index (κ2) is 3.28. The van der Waals surface area contributed by atoms with Gasteiger partial charge < -0.3 is 9.32 Å². The number of amides is 1. The fourth-order valence-electron chi connectivity index (χ4n) is 4.31. The zero-order valence-electron chi connectivity index (χ0n) is 10.6. The average Bonchev–Trinajstić information content (AvgIpc) is 2.96. The molecule has 0 radical (unpaired) electrons. The lowest BCUT2D eigenvalue weighted by atomic mass is 9.64. The summed E-state index contributed by atoms with van der Waals surface area (Å²) in [6, 6.07) is 2.25. The maximum absolute atomic E-state index is 12.0. The highest BCUT2D eigenvalue weighted by Crippen LogP contribution is 2.61. The monoisotopic (exact) mass is 243 g/mol. The Hall–Kier alpha value is -1.51. The minimum absolute atomic E-state index is 0.204. The predicted octanol–water partition coefficient (Wildman–Crippen LogP) is 3.14. The van der Waals surface area contributed by atoms with E-state index in [4.69, 9.17) is 4.42 Å². The molecule has 2 heterocycles. The van der Waals surface area contributed by atoms with Crippen LogP contribution in [0.3, 0.4) is 0 Å². The fourth-order valence-corrected chi connectivity index (χ4v) is 4.31. The summed E-state index contributed by atoms with van der Waals surface area (Å²) in [5.74, 6) is 1.24. The third-order valence-corrected chi connectivity index (χ3v) is 5.12. The van der Waals surface area contributed by atoms with Crippen molar-refractivity contribution in [1.29, 1.82) is 0 Å². The quantitative estimate of drug-likeness (QED) is 0.701. The lowest BCUT2D eigenvalue weighted by molar-refractivity contribution is -0.139. The first kappa shape index (κ1) is 10.4. The Kier molecular flexibility index (Phi) is 1.90. The van der Waals surface area contributed by atoms with E-state index in [9.17, 15) is 4.79 Å². The summed E-state index contributed by atoms with van der Waals surface area (Å²) in [6.07, 6.45) is 9.32. The van der Waals surface area contributed by atoms with Crippen LogP contribution in [-0.4, -0.2) is 17.9 Å². The Morgan fingerprint density at radius 2 is 2.28 bits per heavy atom. The van der Waals surface area contributed by atoms with Gasteiger partial charge in [0.1, 0.15) is 5.76 Å². The van der Waals surface area contributed by atoms with Gasteiger partial charge in [-0.3, -0.25) is 4.79 Å². The molecular formula is C15H17NO2. The Morgan fingerprint density at radius 1 is 1.39 bits per heavy atom. The number of nitrogens with zero attached hydrogens (tertiary/aromatic N) is 1. The van der Waals surface area contributed by atoms with Crippen LogP contribution >= 0.6 is 0 Å². The minimum atomic E-state index is 0.204. The molecule has 1 saturated carbocycles. The number of carbonyl (C=O) groups is 1. The first-order valence-electron chi connectivity index (χ1n) is 6.76. The molecule has 1 amide bonds. The molecule has 0 aromatic carbocycles. The van der Waals surface area contributed by atoms with Crippen LogP contribution in [0.25, 0.3) is 6.08 Å².